The Balaban J connectivity index is 1.65. The summed E-state index contributed by atoms with van der Waals surface area (Å²) < 4.78 is 12.9. The summed E-state index contributed by atoms with van der Waals surface area (Å²) in [5.41, 5.74) is -0.238. The molecule has 7 heteroatoms. The third-order valence-electron chi connectivity index (χ3n) is 4.07. The molecular formula is C18H22ClN3O3. The van der Waals surface area contributed by atoms with Crippen LogP contribution >= 0.6 is 11.6 Å². The molecule has 0 aliphatic carbocycles. The van der Waals surface area contributed by atoms with E-state index in [1.165, 1.54) is 0 Å². The SMILES string of the molecule is CC(C)(Oc1nn(-c2ccccc2)cc1Cl)C(=O)NC[C@H]1CCCO1. The van der Waals surface area contributed by atoms with Crippen molar-refractivity contribution in [3.8, 4) is 11.6 Å². The van der Waals surface area contributed by atoms with Crippen LogP contribution in [-0.4, -0.2) is 40.5 Å². The summed E-state index contributed by atoms with van der Waals surface area (Å²) in [5, 5.41) is 7.57. The van der Waals surface area contributed by atoms with Gasteiger partial charge in [0.1, 0.15) is 5.02 Å². The average molecular weight is 364 g/mol. The molecule has 1 aromatic carbocycles. The Kier molecular flexibility index (Phi) is 5.30. The number of para-hydroxylation sites is 1. The number of amides is 1. The summed E-state index contributed by atoms with van der Waals surface area (Å²) in [6, 6.07) is 9.56. The minimum atomic E-state index is -1.10. The van der Waals surface area contributed by atoms with Gasteiger partial charge in [-0.1, -0.05) is 29.8 Å². The molecule has 1 amide bonds. The molecule has 6 nitrogen and oxygen atoms in total. The summed E-state index contributed by atoms with van der Waals surface area (Å²) in [6.07, 6.45) is 3.75. The average Bonchev–Trinajstić information content (AvgIpc) is 3.23. The quantitative estimate of drug-likeness (QED) is 0.856. The van der Waals surface area contributed by atoms with E-state index in [9.17, 15) is 4.79 Å². The van der Waals surface area contributed by atoms with E-state index in [0.29, 0.717) is 11.6 Å². The van der Waals surface area contributed by atoms with Gasteiger partial charge in [0, 0.05) is 13.2 Å². The normalized spacial score (nSPS) is 17.5. The van der Waals surface area contributed by atoms with Crippen molar-refractivity contribution in [1.82, 2.24) is 15.1 Å². The van der Waals surface area contributed by atoms with Crippen molar-refractivity contribution in [2.45, 2.75) is 38.4 Å². The molecule has 1 fully saturated rings. The van der Waals surface area contributed by atoms with Crippen molar-refractivity contribution in [3.63, 3.8) is 0 Å². The Morgan fingerprint density at radius 3 is 2.88 bits per heavy atom. The van der Waals surface area contributed by atoms with Gasteiger partial charge in [-0.2, -0.15) is 0 Å². The molecule has 25 heavy (non-hydrogen) atoms. The maximum absolute atomic E-state index is 12.4. The highest BCUT2D eigenvalue weighted by Gasteiger charge is 2.32. The van der Waals surface area contributed by atoms with Crippen molar-refractivity contribution in [2.75, 3.05) is 13.2 Å². The maximum atomic E-state index is 12.4. The highest BCUT2D eigenvalue weighted by atomic mass is 35.5. The number of rotatable bonds is 6. The lowest BCUT2D eigenvalue weighted by Gasteiger charge is -2.24. The Morgan fingerprint density at radius 1 is 1.44 bits per heavy atom. The Labute approximate surface area is 152 Å². The molecule has 2 heterocycles. The number of hydrogen-bond donors (Lipinski definition) is 1. The van der Waals surface area contributed by atoms with Crippen LogP contribution in [0, 0.1) is 0 Å². The zero-order valence-electron chi connectivity index (χ0n) is 14.4. The fraction of sp³-hybridized carbons (Fsp3) is 0.444. The fourth-order valence-electron chi connectivity index (χ4n) is 2.63. The molecule has 0 radical (unpaired) electrons. The van der Waals surface area contributed by atoms with E-state index < -0.39 is 5.60 Å². The lowest BCUT2D eigenvalue weighted by molar-refractivity contribution is -0.134. The second-order valence-corrected chi connectivity index (χ2v) is 6.93. The van der Waals surface area contributed by atoms with Gasteiger partial charge in [-0.05, 0) is 38.8 Å². The van der Waals surface area contributed by atoms with Gasteiger partial charge in [0.2, 0.25) is 0 Å². The van der Waals surface area contributed by atoms with Gasteiger partial charge < -0.3 is 14.8 Å². The van der Waals surface area contributed by atoms with Gasteiger partial charge in [0.15, 0.2) is 5.60 Å². The first-order chi connectivity index (χ1) is 12.0. The first-order valence-electron chi connectivity index (χ1n) is 8.35. The zero-order chi connectivity index (χ0) is 17.9. The van der Waals surface area contributed by atoms with Crippen molar-refractivity contribution in [1.29, 1.82) is 0 Å². The molecule has 1 aliphatic rings. The largest absolute Gasteiger partial charge is 0.459 e. The van der Waals surface area contributed by atoms with Crippen LogP contribution in [0.1, 0.15) is 26.7 Å². The first kappa shape index (κ1) is 17.8. The van der Waals surface area contributed by atoms with Crippen LogP contribution in [0.25, 0.3) is 5.69 Å². The number of nitrogens with zero attached hydrogens (tertiary/aromatic N) is 2. The monoisotopic (exact) mass is 363 g/mol. The number of benzene rings is 1. The number of halogens is 1. The summed E-state index contributed by atoms with van der Waals surface area (Å²) in [5.74, 6) is -0.00360. The van der Waals surface area contributed by atoms with Gasteiger partial charge in [-0.15, -0.1) is 5.10 Å². The Bertz CT molecular complexity index is 724. The molecular weight excluding hydrogens is 342 g/mol. The van der Waals surface area contributed by atoms with E-state index >= 15 is 0 Å². The zero-order valence-corrected chi connectivity index (χ0v) is 15.1. The van der Waals surface area contributed by atoms with Crippen LogP contribution in [0.5, 0.6) is 5.88 Å². The van der Waals surface area contributed by atoms with Gasteiger partial charge in [-0.3, -0.25) is 4.79 Å². The van der Waals surface area contributed by atoms with Crippen molar-refractivity contribution >= 4 is 17.5 Å². The summed E-state index contributed by atoms with van der Waals surface area (Å²) >= 11 is 6.23. The predicted octanol–water partition coefficient (Wildman–Crippen LogP) is 2.98. The number of carbonyl (C=O) groups is 1. The molecule has 1 aromatic heterocycles. The Hall–Kier alpha value is -2.05. The maximum Gasteiger partial charge on any atom is 0.263 e. The third-order valence-corrected chi connectivity index (χ3v) is 4.33. The van der Waals surface area contributed by atoms with Crippen LogP contribution in [0.4, 0.5) is 0 Å². The van der Waals surface area contributed by atoms with Crippen molar-refractivity contribution in [3.05, 3.63) is 41.6 Å². The van der Waals surface area contributed by atoms with E-state index in [-0.39, 0.29) is 17.9 Å². The lowest BCUT2D eigenvalue weighted by Crippen LogP contribution is -2.48. The van der Waals surface area contributed by atoms with Crippen molar-refractivity contribution in [2.24, 2.45) is 0 Å². The number of ether oxygens (including phenoxy) is 2. The van der Waals surface area contributed by atoms with E-state index in [0.717, 1.165) is 25.1 Å². The van der Waals surface area contributed by atoms with Gasteiger partial charge in [0.05, 0.1) is 18.0 Å². The first-order valence-corrected chi connectivity index (χ1v) is 8.73. The highest BCUT2D eigenvalue weighted by Crippen LogP contribution is 2.27. The highest BCUT2D eigenvalue weighted by molar-refractivity contribution is 6.31. The summed E-state index contributed by atoms with van der Waals surface area (Å²) in [6.45, 7) is 4.62. The minimum absolute atomic E-state index is 0.0839. The molecule has 0 spiro atoms. The topological polar surface area (TPSA) is 65.4 Å². The standard InChI is InChI=1S/C18H22ClN3O3/c1-18(2,17(23)20-11-14-9-6-10-24-14)25-16-15(19)12-22(21-16)13-7-4-3-5-8-13/h3-5,7-8,12,14H,6,9-11H2,1-2H3,(H,20,23)/t14-/m1/s1. The summed E-state index contributed by atoms with van der Waals surface area (Å²) in [7, 11) is 0. The fourth-order valence-corrected chi connectivity index (χ4v) is 2.80. The molecule has 0 saturated carbocycles. The van der Waals surface area contributed by atoms with Gasteiger partial charge in [0.25, 0.3) is 11.8 Å². The van der Waals surface area contributed by atoms with E-state index in [1.807, 2.05) is 30.3 Å². The molecule has 0 bridgehead atoms. The molecule has 1 N–H and O–H groups in total. The van der Waals surface area contributed by atoms with E-state index in [1.54, 1.807) is 24.7 Å². The summed E-state index contributed by atoms with van der Waals surface area (Å²) in [4.78, 5) is 12.4. The van der Waals surface area contributed by atoms with Crippen LogP contribution in [0.15, 0.2) is 36.5 Å². The van der Waals surface area contributed by atoms with Crippen LogP contribution in [-0.2, 0) is 9.53 Å². The molecule has 3 rings (SSSR count). The third kappa shape index (κ3) is 4.32. The number of aromatic nitrogens is 2. The van der Waals surface area contributed by atoms with E-state index in [4.69, 9.17) is 21.1 Å². The minimum Gasteiger partial charge on any atom is -0.459 e. The van der Waals surface area contributed by atoms with Crippen LogP contribution in [0.3, 0.4) is 0 Å². The number of carbonyl (C=O) groups excluding carboxylic acids is 1. The number of hydrogen-bond acceptors (Lipinski definition) is 4. The number of nitrogens with one attached hydrogen (secondary N) is 1. The smallest absolute Gasteiger partial charge is 0.263 e. The van der Waals surface area contributed by atoms with Gasteiger partial charge >= 0.3 is 0 Å². The second kappa shape index (κ2) is 7.45. The van der Waals surface area contributed by atoms with Crippen LogP contribution in [0.2, 0.25) is 5.02 Å². The molecule has 1 atom stereocenters. The molecule has 134 valence electrons. The second-order valence-electron chi connectivity index (χ2n) is 6.52. The van der Waals surface area contributed by atoms with Crippen LogP contribution < -0.4 is 10.1 Å². The molecule has 0 unspecified atom stereocenters. The van der Waals surface area contributed by atoms with Gasteiger partial charge in [-0.25, -0.2) is 4.68 Å². The van der Waals surface area contributed by atoms with E-state index in [2.05, 4.69) is 10.4 Å². The lowest BCUT2D eigenvalue weighted by atomic mass is 10.1. The molecule has 1 saturated heterocycles. The Morgan fingerprint density at radius 2 is 2.20 bits per heavy atom. The predicted molar refractivity (Wildman–Crippen MR) is 95.3 cm³/mol. The molecule has 1 aliphatic heterocycles. The van der Waals surface area contributed by atoms with Crippen molar-refractivity contribution < 1.29 is 14.3 Å². The molecule has 2 aromatic rings.